The Kier molecular flexibility index (Phi) is 5.34. The smallest absolute Gasteiger partial charge is 0.220 e. The van der Waals surface area contributed by atoms with Crippen molar-refractivity contribution in [2.75, 3.05) is 12.4 Å². The van der Waals surface area contributed by atoms with Gasteiger partial charge in [-0.05, 0) is 48.4 Å². The standard InChI is InChI=1S/C32H29FN6O3/c1-34-24(40)15-31-14-21(31)25-27(32(25,42)30(31)41)39-16-35-26-28(36-22-13-20(22)18-7-3-2-4-8-18)37-23(38-29(26)39)11-10-17-6-5-9-19(33)12-17/h2-9,12,16,20-22,25,27,30,41-42H,13-15H2,1H3,(H,34,40)(H,36,37,38)/t20-,21?,22?,25-,27?,30+,31?,32+/m0/s1. The summed E-state index contributed by atoms with van der Waals surface area (Å²) >= 11 is 0. The van der Waals surface area contributed by atoms with Crippen LogP contribution in [-0.2, 0) is 4.79 Å². The lowest BCUT2D eigenvalue weighted by Crippen LogP contribution is -2.39. The second kappa shape index (κ2) is 8.84. The van der Waals surface area contributed by atoms with Crippen molar-refractivity contribution in [3.05, 3.63) is 83.7 Å². The Morgan fingerprint density at radius 1 is 1.17 bits per heavy atom. The average molecular weight is 565 g/mol. The van der Waals surface area contributed by atoms with Crippen molar-refractivity contribution in [2.24, 2.45) is 17.3 Å². The van der Waals surface area contributed by atoms with Crippen LogP contribution in [0.25, 0.3) is 11.2 Å². The molecule has 4 aromatic rings. The molecule has 9 nitrogen and oxygen atoms in total. The van der Waals surface area contributed by atoms with Crippen LogP contribution in [0.15, 0.2) is 60.9 Å². The number of carbonyl (C=O) groups is 1. The molecule has 2 aromatic heterocycles. The van der Waals surface area contributed by atoms with Crippen molar-refractivity contribution in [1.82, 2.24) is 24.8 Å². The maximum absolute atomic E-state index is 13.7. The van der Waals surface area contributed by atoms with Gasteiger partial charge in [0.15, 0.2) is 17.0 Å². The molecule has 4 aliphatic carbocycles. The van der Waals surface area contributed by atoms with E-state index >= 15 is 0 Å². The number of nitrogens with one attached hydrogen (secondary N) is 2. The molecule has 0 bridgehead atoms. The number of rotatable bonds is 6. The number of carbonyl (C=O) groups excluding carboxylic acids is 1. The summed E-state index contributed by atoms with van der Waals surface area (Å²) in [5.74, 6) is 6.40. The number of hydrogen-bond acceptors (Lipinski definition) is 7. The first-order chi connectivity index (χ1) is 20.3. The zero-order chi connectivity index (χ0) is 28.8. The number of aromatic nitrogens is 4. The Labute approximate surface area is 241 Å². The van der Waals surface area contributed by atoms with E-state index in [9.17, 15) is 19.4 Å². The summed E-state index contributed by atoms with van der Waals surface area (Å²) < 4.78 is 15.6. The molecule has 1 amide bonds. The molecular formula is C32H29FN6O3. The van der Waals surface area contributed by atoms with Gasteiger partial charge in [-0.2, -0.15) is 0 Å². The van der Waals surface area contributed by atoms with E-state index in [1.165, 1.54) is 17.7 Å². The maximum atomic E-state index is 13.7. The number of amides is 1. The zero-order valence-electron chi connectivity index (χ0n) is 22.8. The number of benzene rings is 2. The molecule has 0 aliphatic heterocycles. The van der Waals surface area contributed by atoms with Crippen LogP contribution in [-0.4, -0.2) is 60.4 Å². The Bertz CT molecular complexity index is 1820. The molecule has 0 saturated heterocycles. The van der Waals surface area contributed by atoms with Gasteiger partial charge in [0.05, 0.1) is 18.5 Å². The van der Waals surface area contributed by atoms with Gasteiger partial charge in [-0.1, -0.05) is 42.3 Å². The monoisotopic (exact) mass is 564 g/mol. The van der Waals surface area contributed by atoms with Crippen LogP contribution in [0, 0.1) is 34.9 Å². The SMILES string of the molecule is CNC(=O)CC12CC1[C@H]1C(n3cnc4c(NC5C[C@H]5c5ccccc5)nc(C#Cc5cccc(F)c5)nc43)[C@@]1(O)[C@@H]2O. The molecule has 4 fully saturated rings. The molecule has 8 atom stereocenters. The minimum atomic E-state index is -1.36. The summed E-state index contributed by atoms with van der Waals surface area (Å²) in [6.45, 7) is 0. The summed E-state index contributed by atoms with van der Waals surface area (Å²) in [4.78, 5) is 26.2. The van der Waals surface area contributed by atoms with Gasteiger partial charge in [0, 0.05) is 42.3 Å². The van der Waals surface area contributed by atoms with E-state index in [1.807, 2.05) is 22.8 Å². The fourth-order valence-corrected chi connectivity index (χ4v) is 7.55. The van der Waals surface area contributed by atoms with Crippen LogP contribution in [0.2, 0.25) is 0 Å². The maximum Gasteiger partial charge on any atom is 0.220 e. The van der Waals surface area contributed by atoms with Gasteiger partial charge in [-0.25, -0.2) is 19.3 Å². The van der Waals surface area contributed by atoms with Crippen molar-refractivity contribution in [1.29, 1.82) is 0 Å². The molecule has 2 heterocycles. The topological polar surface area (TPSA) is 125 Å². The number of fused-ring (bicyclic) bond motifs is 4. The third-order valence-electron chi connectivity index (χ3n) is 9.81. The Morgan fingerprint density at radius 2 is 2.00 bits per heavy atom. The molecule has 4 aliphatic rings. The second-order valence-corrected chi connectivity index (χ2v) is 12.1. The van der Waals surface area contributed by atoms with Crippen LogP contribution in [0.5, 0.6) is 0 Å². The summed E-state index contributed by atoms with van der Waals surface area (Å²) in [6.07, 6.45) is 2.47. The Morgan fingerprint density at radius 3 is 2.74 bits per heavy atom. The summed E-state index contributed by atoms with van der Waals surface area (Å²) in [5, 5.41) is 29.1. The summed E-state index contributed by atoms with van der Waals surface area (Å²) in [6, 6.07) is 16.1. The first-order valence-corrected chi connectivity index (χ1v) is 14.3. The Balaban J connectivity index is 1.15. The van der Waals surface area contributed by atoms with Crippen molar-refractivity contribution < 1.29 is 19.4 Å². The molecule has 42 heavy (non-hydrogen) atoms. The van der Waals surface area contributed by atoms with Crippen LogP contribution in [0.4, 0.5) is 10.2 Å². The van der Waals surface area contributed by atoms with Gasteiger partial charge < -0.3 is 25.4 Å². The molecule has 4 unspecified atom stereocenters. The summed E-state index contributed by atoms with van der Waals surface area (Å²) in [5.41, 5.74) is 0.887. The second-order valence-electron chi connectivity index (χ2n) is 12.1. The van der Waals surface area contributed by atoms with E-state index in [0.717, 1.165) is 6.42 Å². The van der Waals surface area contributed by atoms with Crippen LogP contribution >= 0.6 is 0 Å². The molecule has 4 N–H and O–H groups in total. The average Bonchev–Trinajstić information content (AvgIpc) is 3.94. The van der Waals surface area contributed by atoms with E-state index in [1.54, 1.807) is 25.5 Å². The van der Waals surface area contributed by atoms with E-state index in [-0.39, 0.29) is 41.8 Å². The molecule has 0 spiro atoms. The lowest BCUT2D eigenvalue weighted by Gasteiger charge is -2.25. The Hall–Kier alpha value is -4.33. The quantitative estimate of drug-likeness (QED) is 0.266. The van der Waals surface area contributed by atoms with Gasteiger partial charge in [0.25, 0.3) is 0 Å². The number of aliphatic hydroxyl groups excluding tert-OH is 1. The van der Waals surface area contributed by atoms with Crippen molar-refractivity contribution in [3.8, 4) is 11.8 Å². The highest BCUT2D eigenvalue weighted by molar-refractivity contribution is 5.84. The highest BCUT2D eigenvalue weighted by Gasteiger charge is 2.89. The first-order valence-electron chi connectivity index (χ1n) is 14.3. The summed E-state index contributed by atoms with van der Waals surface area (Å²) in [7, 11) is 1.58. The largest absolute Gasteiger partial charge is 0.389 e. The number of halogens is 1. The minimum absolute atomic E-state index is 0.0435. The number of nitrogens with zero attached hydrogens (tertiary/aromatic N) is 4. The molecule has 0 radical (unpaired) electrons. The van der Waals surface area contributed by atoms with Crippen LogP contribution in [0.1, 0.15) is 48.2 Å². The number of hydrogen-bond donors (Lipinski definition) is 4. The first kappa shape index (κ1) is 25.4. The minimum Gasteiger partial charge on any atom is -0.389 e. The highest BCUT2D eigenvalue weighted by Crippen LogP contribution is 2.83. The molecule has 2 aromatic carbocycles. The fraction of sp³-hybridized carbons (Fsp3) is 0.375. The third kappa shape index (κ3) is 3.70. The van der Waals surface area contributed by atoms with Gasteiger partial charge in [-0.3, -0.25) is 4.79 Å². The molecule has 212 valence electrons. The van der Waals surface area contributed by atoms with Crippen molar-refractivity contribution in [3.63, 3.8) is 0 Å². The van der Waals surface area contributed by atoms with Crippen molar-refractivity contribution >= 4 is 22.9 Å². The van der Waals surface area contributed by atoms with Gasteiger partial charge in [0.1, 0.15) is 11.4 Å². The molecule has 4 saturated carbocycles. The normalized spacial score (nSPS) is 33.2. The third-order valence-corrected chi connectivity index (χ3v) is 9.81. The highest BCUT2D eigenvalue weighted by atomic mass is 19.1. The van der Waals surface area contributed by atoms with Gasteiger partial charge in [0.2, 0.25) is 11.7 Å². The number of anilines is 1. The molecule has 8 rings (SSSR count). The zero-order valence-corrected chi connectivity index (χ0v) is 22.8. The predicted octanol–water partition coefficient (Wildman–Crippen LogP) is 2.75. The van der Waals surface area contributed by atoms with Crippen LogP contribution < -0.4 is 10.6 Å². The number of imidazole rings is 1. The van der Waals surface area contributed by atoms with Crippen LogP contribution in [0.3, 0.4) is 0 Å². The number of aliphatic hydroxyl groups is 2. The fourth-order valence-electron chi connectivity index (χ4n) is 7.55. The van der Waals surface area contributed by atoms with Gasteiger partial charge in [-0.15, -0.1) is 0 Å². The molecule has 10 heteroatoms. The van der Waals surface area contributed by atoms with Gasteiger partial charge >= 0.3 is 0 Å². The lowest BCUT2D eigenvalue weighted by atomic mass is 9.90. The van der Waals surface area contributed by atoms with Crippen molar-refractivity contribution in [2.45, 2.75) is 49.0 Å². The predicted molar refractivity (Wildman–Crippen MR) is 152 cm³/mol. The molecular weight excluding hydrogens is 535 g/mol. The van der Waals surface area contributed by atoms with E-state index < -0.39 is 23.2 Å². The lowest BCUT2D eigenvalue weighted by molar-refractivity contribution is -0.124. The van der Waals surface area contributed by atoms with E-state index in [4.69, 9.17) is 9.97 Å². The van der Waals surface area contributed by atoms with E-state index in [2.05, 4.69) is 39.6 Å². The van der Waals surface area contributed by atoms with E-state index in [0.29, 0.717) is 34.9 Å².